The average Bonchev–Trinajstić information content (AvgIpc) is 3.24. The Hall–Kier alpha value is -3.07. The van der Waals surface area contributed by atoms with Gasteiger partial charge in [0, 0.05) is 12.8 Å². The van der Waals surface area contributed by atoms with Gasteiger partial charge in [0.1, 0.15) is 19.8 Å². The van der Waals surface area contributed by atoms with Crippen molar-refractivity contribution in [2.75, 3.05) is 47.5 Å². The molecule has 0 saturated carbocycles. The van der Waals surface area contributed by atoms with E-state index in [0.29, 0.717) is 17.4 Å². The Bertz CT molecular complexity index is 1390. The summed E-state index contributed by atoms with van der Waals surface area (Å²) < 4.78 is 33.9. The van der Waals surface area contributed by atoms with Gasteiger partial charge in [0.2, 0.25) is 0 Å². The first-order valence-electron chi connectivity index (χ1n) is 24.4. The second kappa shape index (κ2) is 44.1. The van der Waals surface area contributed by atoms with E-state index < -0.39 is 32.5 Å². The van der Waals surface area contributed by atoms with Gasteiger partial charge in [-0.15, -0.1) is 0 Å². The molecule has 0 aromatic carbocycles. The number of rotatable bonds is 43. The van der Waals surface area contributed by atoms with Crippen molar-refractivity contribution in [1.29, 1.82) is 0 Å². The lowest BCUT2D eigenvalue weighted by Gasteiger charge is -2.28. The maximum Gasteiger partial charge on any atom is 0.306 e. The molecule has 0 spiro atoms. The van der Waals surface area contributed by atoms with E-state index in [0.717, 1.165) is 96.3 Å². The van der Waals surface area contributed by atoms with Crippen LogP contribution in [-0.2, 0) is 32.7 Å². The Morgan fingerprint density at radius 3 is 1.35 bits per heavy atom. The molecule has 0 heterocycles. The molecular formula is C53H90NO8P. The lowest BCUT2D eigenvalue weighted by atomic mass is 10.1. The molecule has 2 unspecified atom stereocenters. The van der Waals surface area contributed by atoms with Gasteiger partial charge in [0.25, 0.3) is 7.82 Å². The number of hydrogen-bond donors (Lipinski definition) is 0. The number of nitrogens with zero attached hydrogens (tertiary/aromatic N) is 1. The predicted molar refractivity (Wildman–Crippen MR) is 263 cm³/mol. The summed E-state index contributed by atoms with van der Waals surface area (Å²) in [6, 6.07) is 0. The number of allylic oxidation sites excluding steroid dienone is 16. The summed E-state index contributed by atoms with van der Waals surface area (Å²) >= 11 is 0. The van der Waals surface area contributed by atoms with Crippen LogP contribution in [-0.4, -0.2) is 70.0 Å². The van der Waals surface area contributed by atoms with Crippen molar-refractivity contribution in [2.45, 2.75) is 180 Å². The Kier molecular flexibility index (Phi) is 42.0. The molecule has 0 rings (SSSR count). The summed E-state index contributed by atoms with van der Waals surface area (Å²) in [6.45, 7) is 4.05. The van der Waals surface area contributed by atoms with Gasteiger partial charge in [-0.3, -0.25) is 14.2 Å². The van der Waals surface area contributed by atoms with E-state index in [1.165, 1.54) is 44.9 Å². The highest BCUT2D eigenvalue weighted by Crippen LogP contribution is 2.38. The van der Waals surface area contributed by atoms with Crippen LogP contribution in [0.25, 0.3) is 0 Å². The Labute approximate surface area is 385 Å². The SMILES string of the molecule is CC/C=C\C/C=C\C/C=C\C/C=C\C/C=C\C/C=C\C/C=C\C/C=C\CCCCCCC(=O)OC(COC(=O)CCCCCCCCCCCC)COP(=O)([O-])OCC[N+](C)(C)C. The summed E-state index contributed by atoms with van der Waals surface area (Å²) in [4.78, 5) is 37.5. The van der Waals surface area contributed by atoms with Crippen molar-refractivity contribution < 1.29 is 42.1 Å². The molecule has 0 aliphatic carbocycles. The number of carbonyl (C=O) groups is 2. The Morgan fingerprint density at radius 1 is 0.508 bits per heavy atom. The maximum atomic E-state index is 12.7. The molecule has 0 aromatic heterocycles. The van der Waals surface area contributed by atoms with Crippen LogP contribution in [0.5, 0.6) is 0 Å². The van der Waals surface area contributed by atoms with E-state index in [4.69, 9.17) is 18.5 Å². The topological polar surface area (TPSA) is 111 Å². The van der Waals surface area contributed by atoms with Crippen molar-refractivity contribution in [3.63, 3.8) is 0 Å². The van der Waals surface area contributed by atoms with Gasteiger partial charge >= 0.3 is 11.9 Å². The number of hydrogen-bond acceptors (Lipinski definition) is 8. The smallest absolute Gasteiger partial charge is 0.306 e. The van der Waals surface area contributed by atoms with Gasteiger partial charge in [0.15, 0.2) is 6.10 Å². The van der Waals surface area contributed by atoms with Gasteiger partial charge in [-0.2, -0.15) is 0 Å². The molecule has 0 saturated heterocycles. The number of unbranched alkanes of at least 4 members (excludes halogenated alkanes) is 13. The summed E-state index contributed by atoms with van der Waals surface area (Å²) in [5.41, 5.74) is 0. The quantitative estimate of drug-likeness (QED) is 0.0196. The predicted octanol–water partition coefficient (Wildman–Crippen LogP) is 13.9. The molecule has 2 atom stereocenters. The molecule has 360 valence electrons. The van der Waals surface area contributed by atoms with Crippen LogP contribution in [0, 0.1) is 0 Å². The van der Waals surface area contributed by atoms with E-state index in [9.17, 15) is 19.0 Å². The first-order chi connectivity index (χ1) is 30.5. The molecule has 63 heavy (non-hydrogen) atoms. The van der Waals surface area contributed by atoms with E-state index in [-0.39, 0.29) is 26.1 Å². The van der Waals surface area contributed by atoms with Crippen LogP contribution >= 0.6 is 7.82 Å². The summed E-state index contributed by atoms with van der Waals surface area (Å²) in [6.07, 6.45) is 58.8. The highest BCUT2D eigenvalue weighted by Gasteiger charge is 2.21. The van der Waals surface area contributed by atoms with Gasteiger partial charge in [0.05, 0.1) is 27.7 Å². The van der Waals surface area contributed by atoms with E-state index in [1.807, 2.05) is 21.1 Å². The van der Waals surface area contributed by atoms with Gasteiger partial charge in [-0.25, -0.2) is 0 Å². The van der Waals surface area contributed by atoms with Crippen molar-refractivity contribution in [3.05, 3.63) is 97.2 Å². The minimum Gasteiger partial charge on any atom is -0.756 e. The number of phosphoric ester groups is 1. The van der Waals surface area contributed by atoms with Crippen LogP contribution in [0.3, 0.4) is 0 Å². The number of phosphoric acid groups is 1. The van der Waals surface area contributed by atoms with Crippen molar-refractivity contribution in [2.24, 2.45) is 0 Å². The third-order valence-corrected chi connectivity index (χ3v) is 10.8. The number of esters is 2. The average molecular weight is 900 g/mol. The molecule has 0 bridgehead atoms. The number of likely N-dealkylation sites (N-methyl/N-ethyl adjacent to an activating group) is 1. The molecule has 0 fully saturated rings. The normalized spacial score (nSPS) is 14.3. The van der Waals surface area contributed by atoms with Crippen LogP contribution < -0.4 is 4.89 Å². The minimum atomic E-state index is -4.64. The fraction of sp³-hybridized carbons (Fsp3) is 0.660. The van der Waals surface area contributed by atoms with Crippen LogP contribution in [0.2, 0.25) is 0 Å². The maximum absolute atomic E-state index is 12.7. The van der Waals surface area contributed by atoms with E-state index in [1.54, 1.807) is 0 Å². The molecule has 0 amide bonds. The number of carbonyl (C=O) groups excluding carboxylic acids is 2. The molecule has 0 aliphatic rings. The van der Waals surface area contributed by atoms with Crippen molar-refractivity contribution in [1.82, 2.24) is 0 Å². The lowest BCUT2D eigenvalue weighted by Crippen LogP contribution is -2.37. The zero-order chi connectivity index (χ0) is 46.4. The molecular weight excluding hydrogens is 810 g/mol. The molecule has 0 N–H and O–H groups in total. The zero-order valence-corrected chi connectivity index (χ0v) is 41.4. The highest BCUT2D eigenvalue weighted by molar-refractivity contribution is 7.45. The highest BCUT2D eigenvalue weighted by atomic mass is 31.2. The summed E-state index contributed by atoms with van der Waals surface area (Å²) in [5, 5.41) is 0. The lowest BCUT2D eigenvalue weighted by molar-refractivity contribution is -0.870. The summed E-state index contributed by atoms with van der Waals surface area (Å²) in [7, 11) is 1.13. The molecule has 0 aliphatic heterocycles. The molecule has 9 nitrogen and oxygen atoms in total. The third-order valence-electron chi connectivity index (χ3n) is 9.87. The fourth-order valence-corrected chi connectivity index (χ4v) is 6.81. The van der Waals surface area contributed by atoms with Gasteiger partial charge in [-0.1, -0.05) is 182 Å². The second-order valence-corrected chi connectivity index (χ2v) is 18.5. The monoisotopic (exact) mass is 900 g/mol. The van der Waals surface area contributed by atoms with Crippen LogP contribution in [0.4, 0.5) is 0 Å². The Balaban J connectivity index is 4.29. The Morgan fingerprint density at radius 2 is 0.905 bits per heavy atom. The summed E-state index contributed by atoms with van der Waals surface area (Å²) in [5.74, 6) is -0.872. The van der Waals surface area contributed by atoms with Crippen molar-refractivity contribution in [3.8, 4) is 0 Å². The first kappa shape index (κ1) is 59.9. The fourth-order valence-electron chi connectivity index (χ4n) is 6.08. The standard InChI is InChI=1S/C53H90NO8P/c1-6-8-10-12-14-16-18-19-20-21-22-23-24-25-26-27-28-29-30-31-32-33-34-35-36-38-40-42-44-46-53(56)62-51(50-61-63(57,58)60-48-47-54(3,4)5)49-59-52(55)45-43-41-39-37-17-15-13-11-9-7-2/h8,10,14,16,19-20,22-23,25-26,28-29,31-32,34-35,51H,6-7,9,11-13,15,17-18,21,24,27,30,33,36-50H2,1-5H3/b10-8-,16-14-,20-19-,23-22-,26-25-,29-28-,32-31-,35-34-. The minimum absolute atomic E-state index is 0.0405. The largest absolute Gasteiger partial charge is 0.756 e. The van der Waals surface area contributed by atoms with Gasteiger partial charge in [-0.05, 0) is 77.0 Å². The first-order valence-corrected chi connectivity index (χ1v) is 25.9. The molecule has 10 heteroatoms. The second-order valence-electron chi connectivity index (χ2n) is 17.1. The van der Waals surface area contributed by atoms with E-state index in [2.05, 4.69) is 111 Å². The molecule has 0 radical (unpaired) electrons. The molecule has 0 aromatic rings. The number of ether oxygens (including phenoxy) is 2. The van der Waals surface area contributed by atoms with Crippen molar-refractivity contribution >= 4 is 19.8 Å². The number of quaternary nitrogens is 1. The van der Waals surface area contributed by atoms with E-state index >= 15 is 0 Å². The van der Waals surface area contributed by atoms with Gasteiger partial charge < -0.3 is 27.9 Å². The van der Waals surface area contributed by atoms with Crippen LogP contribution in [0.1, 0.15) is 174 Å². The zero-order valence-electron chi connectivity index (χ0n) is 40.5. The van der Waals surface area contributed by atoms with Crippen LogP contribution in [0.15, 0.2) is 97.2 Å². The third kappa shape index (κ3) is 48.2.